The largest absolute Gasteiger partial charge is 0.349 e. The number of nitrogens with zero attached hydrogens (tertiary/aromatic N) is 4. The van der Waals surface area contributed by atoms with Crippen LogP contribution in [-0.2, 0) is 7.05 Å². The lowest BCUT2D eigenvalue weighted by atomic mass is 9.65. The van der Waals surface area contributed by atoms with Crippen molar-refractivity contribution in [1.29, 1.82) is 0 Å². The van der Waals surface area contributed by atoms with Crippen molar-refractivity contribution in [2.24, 2.45) is 12.5 Å². The van der Waals surface area contributed by atoms with E-state index in [4.69, 9.17) is 0 Å². The molecular weight excluding hydrogens is 348 g/mol. The lowest BCUT2D eigenvalue weighted by molar-refractivity contribution is 0.0607. The average molecular weight is 370 g/mol. The molecule has 2 aliphatic rings. The summed E-state index contributed by atoms with van der Waals surface area (Å²) in [6.45, 7) is 2.76. The third-order valence-electron chi connectivity index (χ3n) is 5.56. The van der Waals surface area contributed by atoms with E-state index in [1.54, 1.807) is 29.0 Å². The van der Waals surface area contributed by atoms with Gasteiger partial charge < -0.3 is 10.2 Å². The van der Waals surface area contributed by atoms with Crippen LogP contribution in [0.2, 0.25) is 0 Å². The van der Waals surface area contributed by atoms with Crippen molar-refractivity contribution in [3.63, 3.8) is 0 Å². The van der Waals surface area contributed by atoms with E-state index in [9.17, 15) is 14.4 Å². The van der Waals surface area contributed by atoms with E-state index in [2.05, 4.69) is 20.6 Å². The molecule has 1 saturated carbocycles. The highest BCUT2D eigenvalue weighted by Crippen LogP contribution is 2.48. The Bertz CT molecular complexity index is 908. The van der Waals surface area contributed by atoms with Crippen molar-refractivity contribution >= 4 is 17.6 Å². The minimum atomic E-state index is -0.172. The average Bonchev–Trinajstić information content (AvgIpc) is 3.32. The summed E-state index contributed by atoms with van der Waals surface area (Å²) < 4.78 is 1.60. The highest BCUT2D eigenvalue weighted by atomic mass is 16.2. The number of aromatic nitrogens is 4. The zero-order chi connectivity index (χ0) is 19.2. The summed E-state index contributed by atoms with van der Waals surface area (Å²) in [5, 5.41) is 13.6. The van der Waals surface area contributed by atoms with Crippen LogP contribution in [0.15, 0.2) is 18.5 Å². The predicted octanol–water partition coefficient (Wildman–Crippen LogP) is 0.770. The van der Waals surface area contributed by atoms with Gasteiger partial charge in [-0.1, -0.05) is 0 Å². The smallest absolute Gasteiger partial charge is 0.271 e. The Kier molecular flexibility index (Phi) is 4.09. The van der Waals surface area contributed by atoms with Crippen LogP contribution in [0.25, 0.3) is 0 Å². The van der Waals surface area contributed by atoms with Gasteiger partial charge in [-0.3, -0.25) is 24.2 Å². The molecule has 2 amide bonds. The van der Waals surface area contributed by atoms with Gasteiger partial charge >= 0.3 is 0 Å². The summed E-state index contributed by atoms with van der Waals surface area (Å²) in [5.74, 6) is -0.410. The molecule has 9 heteroatoms. The molecule has 27 heavy (non-hydrogen) atoms. The Labute approximate surface area is 156 Å². The third kappa shape index (κ3) is 3.24. The maximum atomic E-state index is 12.6. The van der Waals surface area contributed by atoms with Gasteiger partial charge in [0.25, 0.3) is 11.8 Å². The second kappa shape index (κ2) is 6.33. The molecule has 2 aromatic rings. The van der Waals surface area contributed by atoms with Crippen LogP contribution in [0.5, 0.6) is 0 Å². The Morgan fingerprint density at radius 3 is 2.74 bits per heavy atom. The summed E-state index contributed by atoms with van der Waals surface area (Å²) in [4.78, 5) is 38.0. The third-order valence-corrected chi connectivity index (χ3v) is 5.56. The van der Waals surface area contributed by atoms with Gasteiger partial charge in [0.05, 0.1) is 11.8 Å². The van der Waals surface area contributed by atoms with Crippen molar-refractivity contribution in [2.45, 2.75) is 32.2 Å². The van der Waals surface area contributed by atoms with E-state index in [0.29, 0.717) is 24.3 Å². The van der Waals surface area contributed by atoms with Crippen molar-refractivity contribution in [1.82, 2.24) is 30.2 Å². The molecule has 1 aliphatic carbocycles. The molecule has 2 fully saturated rings. The number of aryl methyl sites for hydroxylation is 1. The minimum Gasteiger partial charge on any atom is -0.349 e. The second-order valence-electron chi connectivity index (χ2n) is 7.68. The summed E-state index contributed by atoms with van der Waals surface area (Å²) in [7, 11) is 1.78. The van der Waals surface area contributed by atoms with Crippen LogP contribution in [-0.4, -0.2) is 61.6 Å². The topological polar surface area (TPSA) is 113 Å². The Balaban J connectivity index is 1.31. The monoisotopic (exact) mass is 370 g/mol. The van der Waals surface area contributed by atoms with Gasteiger partial charge in [0.2, 0.25) is 0 Å². The van der Waals surface area contributed by atoms with Crippen LogP contribution < -0.4 is 5.32 Å². The number of carbonyl (C=O) groups excluding carboxylic acids is 3. The van der Waals surface area contributed by atoms with E-state index in [0.717, 1.165) is 19.3 Å². The van der Waals surface area contributed by atoms with Crippen molar-refractivity contribution in [3.8, 4) is 0 Å². The van der Waals surface area contributed by atoms with Gasteiger partial charge in [-0.2, -0.15) is 10.2 Å². The molecule has 2 N–H and O–H groups in total. The SMILES string of the molecule is CC(=O)c1cc(C(=O)N2CCC3(CC(NC(=O)c4cnn(C)c4)C3)C2)[nH]n1. The summed E-state index contributed by atoms with van der Waals surface area (Å²) in [5.41, 5.74) is 1.25. The van der Waals surface area contributed by atoms with Crippen molar-refractivity contribution in [3.05, 3.63) is 35.4 Å². The molecule has 2 aromatic heterocycles. The summed E-state index contributed by atoms with van der Waals surface area (Å²) >= 11 is 0. The van der Waals surface area contributed by atoms with E-state index >= 15 is 0 Å². The van der Waals surface area contributed by atoms with Crippen LogP contribution in [0.4, 0.5) is 0 Å². The number of aromatic amines is 1. The standard InChI is InChI=1S/C18H22N6O3/c1-11(25)14-5-15(22-21-14)17(27)24-4-3-18(10-24)6-13(7-18)20-16(26)12-8-19-23(2)9-12/h5,8-9,13H,3-4,6-7,10H2,1-2H3,(H,20,26)(H,21,22). The fourth-order valence-electron chi connectivity index (χ4n) is 4.12. The number of Topliss-reactive ketones (excluding diaryl/α,β-unsaturated/α-hetero) is 1. The second-order valence-corrected chi connectivity index (χ2v) is 7.68. The minimum absolute atomic E-state index is 0.0754. The zero-order valence-electron chi connectivity index (χ0n) is 15.4. The Morgan fingerprint density at radius 2 is 2.11 bits per heavy atom. The van der Waals surface area contributed by atoms with Crippen LogP contribution in [0.3, 0.4) is 0 Å². The molecule has 0 unspecified atom stereocenters. The first-order valence-electron chi connectivity index (χ1n) is 9.00. The zero-order valence-corrected chi connectivity index (χ0v) is 15.4. The number of H-pyrrole nitrogens is 1. The van der Waals surface area contributed by atoms with E-state index in [-0.39, 0.29) is 34.7 Å². The maximum Gasteiger partial charge on any atom is 0.271 e. The number of hydrogen-bond acceptors (Lipinski definition) is 5. The lowest BCUT2D eigenvalue weighted by Gasteiger charge is -2.45. The molecule has 142 valence electrons. The van der Waals surface area contributed by atoms with Crippen LogP contribution in [0, 0.1) is 5.41 Å². The number of nitrogens with one attached hydrogen (secondary N) is 2. The molecular formula is C18H22N6O3. The molecule has 1 saturated heterocycles. The lowest BCUT2D eigenvalue weighted by Crippen LogP contribution is -2.52. The Hall–Kier alpha value is -2.97. The van der Waals surface area contributed by atoms with E-state index < -0.39 is 0 Å². The molecule has 0 bridgehead atoms. The summed E-state index contributed by atoms with van der Waals surface area (Å²) in [6.07, 6.45) is 5.90. The van der Waals surface area contributed by atoms with Gasteiger partial charge in [-0.25, -0.2) is 0 Å². The quantitative estimate of drug-likeness (QED) is 0.772. The molecule has 1 aliphatic heterocycles. The van der Waals surface area contributed by atoms with Gasteiger partial charge in [-0.15, -0.1) is 0 Å². The fourth-order valence-corrected chi connectivity index (χ4v) is 4.12. The first kappa shape index (κ1) is 17.4. The molecule has 3 heterocycles. The number of rotatable bonds is 4. The number of amides is 2. The highest BCUT2D eigenvalue weighted by Gasteiger charge is 2.50. The molecule has 9 nitrogen and oxygen atoms in total. The van der Waals surface area contributed by atoms with E-state index in [1.807, 2.05) is 0 Å². The van der Waals surface area contributed by atoms with Gasteiger partial charge in [-0.05, 0) is 30.7 Å². The fraction of sp³-hybridized carbons (Fsp3) is 0.500. The Morgan fingerprint density at radius 1 is 1.33 bits per heavy atom. The maximum absolute atomic E-state index is 12.6. The molecule has 4 rings (SSSR count). The molecule has 0 atom stereocenters. The predicted molar refractivity (Wildman–Crippen MR) is 95.2 cm³/mol. The number of hydrogen-bond donors (Lipinski definition) is 2. The highest BCUT2D eigenvalue weighted by molar-refractivity contribution is 5.97. The number of likely N-dealkylation sites (tertiary alicyclic amines) is 1. The first-order chi connectivity index (χ1) is 12.8. The van der Waals surface area contributed by atoms with Gasteiger partial charge in [0.15, 0.2) is 5.78 Å². The molecule has 0 radical (unpaired) electrons. The number of ketones is 1. The molecule has 1 spiro atoms. The number of carbonyl (C=O) groups is 3. The summed E-state index contributed by atoms with van der Waals surface area (Å²) in [6, 6.07) is 1.64. The van der Waals surface area contributed by atoms with Gasteiger partial charge in [0.1, 0.15) is 11.4 Å². The van der Waals surface area contributed by atoms with Gasteiger partial charge in [0, 0.05) is 39.3 Å². The van der Waals surface area contributed by atoms with Crippen LogP contribution >= 0.6 is 0 Å². The van der Waals surface area contributed by atoms with Crippen molar-refractivity contribution < 1.29 is 14.4 Å². The van der Waals surface area contributed by atoms with E-state index in [1.165, 1.54) is 13.0 Å². The van der Waals surface area contributed by atoms with Crippen molar-refractivity contribution in [2.75, 3.05) is 13.1 Å². The molecule has 0 aromatic carbocycles. The normalized spacial score (nSPS) is 24.1. The first-order valence-corrected chi connectivity index (χ1v) is 9.00. The van der Waals surface area contributed by atoms with Crippen LogP contribution in [0.1, 0.15) is 57.5 Å².